The molecule has 2 N–H and O–H groups in total. The molecule has 0 unspecified atom stereocenters. The largest absolute Gasteiger partial charge is 0.481 e. The number of nitrogens with one attached hydrogen (secondary N) is 1. The highest BCUT2D eigenvalue weighted by atomic mass is 16.5. The highest BCUT2D eigenvalue weighted by molar-refractivity contribution is 6.04. The molecule has 1 fully saturated rings. The Hall–Kier alpha value is -2.60. The van der Waals surface area contributed by atoms with Crippen molar-refractivity contribution in [3.63, 3.8) is 0 Å². The van der Waals surface area contributed by atoms with E-state index in [1.54, 1.807) is 12.1 Å². The molecule has 0 aromatic heterocycles. The lowest BCUT2D eigenvalue weighted by Gasteiger charge is -2.22. The van der Waals surface area contributed by atoms with Crippen molar-refractivity contribution in [1.82, 2.24) is 0 Å². The van der Waals surface area contributed by atoms with Gasteiger partial charge in [0.25, 0.3) is 0 Å². The van der Waals surface area contributed by atoms with Gasteiger partial charge in [-0.25, -0.2) is 4.79 Å². The van der Waals surface area contributed by atoms with E-state index in [9.17, 15) is 9.59 Å². The van der Waals surface area contributed by atoms with Crippen LogP contribution in [-0.4, -0.2) is 36.8 Å². The quantitative estimate of drug-likeness (QED) is 0.881. The Morgan fingerprint density at radius 3 is 2.71 bits per heavy atom. The molecule has 0 bridgehead atoms. The molecule has 24 heavy (non-hydrogen) atoms. The van der Waals surface area contributed by atoms with E-state index in [4.69, 9.17) is 14.6 Å². The number of hydrogen-bond acceptors (Lipinski definition) is 4. The second kappa shape index (κ2) is 7.31. The number of carbonyl (C=O) groups is 2. The molecule has 2 aromatic carbocycles. The molecular weight excluding hydrogens is 310 g/mol. The van der Waals surface area contributed by atoms with E-state index in [1.807, 2.05) is 24.3 Å². The predicted molar refractivity (Wildman–Crippen MR) is 89.3 cm³/mol. The van der Waals surface area contributed by atoms with Gasteiger partial charge in [-0.1, -0.05) is 24.3 Å². The maximum Gasteiger partial charge on any atom is 0.341 e. The number of carboxylic acids is 1. The van der Waals surface area contributed by atoms with Crippen LogP contribution in [0, 0.1) is 5.92 Å². The molecule has 1 aliphatic rings. The number of fused-ring (bicyclic) bond motifs is 1. The Kier molecular flexibility index (Phi) is 4.96. The summed E-state index contributed by atoms with van der Waals surface area (Å²) >= 11 is 0. The minimum absolute atomic E-state index is 0.0564. The molecule has 6 heteroatoms. The highest BCUT2D eigenvalue weighted by Crippen LogP contribution is 2.32. The fraction of sp³-hybridized carbons (Fsp3) is 0.333. The first-order chi connectivity index (χ1) is 11.6. The lowest BCUT2D eigenvalue weighted by atomic mass is 10.0. The summed E-state index contributed by atoms with van der Waals surface area (Å²) in [6.45, 7) is 0.751. The monoisotopic (exact) mass is 329 g/mol. The van der Waals surface area contributed by atoms with Gasteiger partial charge in [0, 0.05) is 23.1 Å². The molecule has 126 valence electrons. The molecule has 1 atom stereocenters. The Labute approximate surface area is 139 Å². The van der Waals surface area contributed by atoms with Gasteiger partial charge >= 0.3 is 5.97 Å². The van der Waals surface area contributed by atoms with Crippen LogP contribution in [0.15, 0.2) is 36.4 Å². The van der Waals surface area contributed by atoms with Gasteiger partial charge in [0.05, 0.1) is 12.5 Å². The number of amides is 1. The predicted octanol–water partition coefficient (Wildman–Crippen LogP) is 2.67. The van der Waals surface area contributed by atoms with E-state index in [2.05, 4.69) is 5.32 Å². The van der Waals surface area contributed by atoms with E-state index in [-0.39, 0.29) is 11.8 Å². The van der Waals surface area contributed by atoms with E-state index in [0.717, 1.165) is 23.6 Å². The molecule has 0 aliphatic carbocycles. The lowest BCUT2D eigenvalue weighted by Crippen LogP contribution is -2.30. The lowest BCUT2D eigenvalue weighted by molar-refractivity contribution is -0.139. The number of carboxylic acid groups (broad SMARTS) is 1. The fourth-order valence-corrected chi connectivity index (χ4v) is 2.83. The molecule has 0 radical (unpaired) electrons. The van der Waals surface area contributed by atoms with Crippen molar-refractivity contribution < 1.29 is 24.2 Å². The van der Waals surface area contributed by atoms with Crippen molar-refractivity contribution in [3.8, 4) is 5.75 Å². The van der Waals surface area contributed by atoms with Crippen LogP contribution in [0.1, 0.15) is 12.8 Å². The standard InChI is InChI=1S/C18H19NO5/c20-17(21)11-24-16-8-7-15(13-5-1-2-6-14(13)16)19-18(22)12-4-3-9-23-10-12/h1-2,5-8,12H,3-4,9-11H2,(H,19,22)(H,20,21)/t12-/m1/s1. The average Bonchev–Trinajstić information content (AvgIpc) is 2.61. The molecule has 3 rings (SSSR count). The van der Waals surface area contributed by atoms with Crippen LogP contribution in [0.2, 0.25) is 0 Å². The van der Waals surface area contributed by atoms with Gasteiger partial charge in [0.2, 0.25) is 5.91 Å². The Balaban J connectivity index is 1.84. The summed E-state index contributed by atoms with van der Waals surface area (Å²) in [6.07, 6.45) is 1.71. The molecule has 1 amide bonds. The third-order valence-electron chi connectivity index (χ3n) is 4.02. The number of aliphatic carboxylic acids is 1. The first-order valence-corrected chi connectivity index (χ1v) is 7.90. The Morgan fingerprint density at radius 2 is 2.00 bits per heavy atom. The molecule has 1 aliphatic heterocycles. The number of ether oxygens (including phenoxy) is 2. The van der Waals surface area contributed by atoms with Gasteiger partial charge in [0.1, 0.15) is 5.75 Å². The van der Waals surface area contributed by atoms with E-state index < -0.39 is 12.6 Å². The summed E-state index contributed by atoms with van der Waals surface area (Å²) in [5, 5.41) is 13.3. The maximum atomic E-state index is 12.4. The van der Waals surface area contributed by atoms with Gasteiger partial charge in [0.15, 0.2) is 6.61 Å². The molecule has 1 heterocycles. The van der Waals surface area contributed by atoms with Crippen molar-refractivity contribution >= 4 is 28.3 Å². The van der Waals surface area contributed by atoms with Gasteiger partial charge in [-0.2, -0.15) is 0 Å². The van der Waals surface area contributed by atoms with Crippen LogP contribution in [0.4, 0.5) is 5.69 Å². The van der Waals surface area contributed by atoms with Gasteiger partial charge < -0.3 is 19.9 Å². The van der Waals surface area contributed by atoms with Crippen LogP contribution in [0.25, 0.3) is 10.8 Å². The number of rotatable bonds is 5. The van der Waals surface area contributed by atoms with Crippen LogP contribution >= 0.6 is 0 Å². The highest BCUT2D eigenvalue weighted by Gasteiger charge is 2.22. The second-order valence-electron chi connectivity index (χ2n) is 5.74. The minimum Gasteiger partial charge on any atom is -0.481 e. The van der Waals surface area contributed by atoms with Gasteiger partial charge in [-0.3, -0.25) is 4.79 Å². The van der Waals surface area contributed by atoms with Crippen molar-refractivity contribution in [3.05, 3.63) is 36.4 Å². The number of benzene rings is 2. The zero-order valence-electron chi connectivity index (χ0n) is 13.2. The average molecular weight is 329 g/mol. The first kappa shape index (κ1) is 16.3. The fourth-order valence-electron chi connectivity index (χ4n) is 2.83. The summed E-state index contributed by atoms with van der Waals surface area (Å²) < 4.78 is 10.7. The molecule has 6 nitrogen and oxygen atoms in total. The van der Waals surface area contributed by atoms with Crippen LogP contribution < -0.4 is 10.1 Å². The number of carbonyl (C=O) groups excluding carboxylic acids is 1. The van der Waals surface area contributed by atoms with E-state index >= 15 is 0 Å². The second-order valence-corrected chi connectivity index (χ2v) is 5.74. The van der Waals surface area contributed by atoms with E-state index in [1.165, 1.54) is 0 Å². The first-order valence-electron chi connectivity index (χ1n) is 7.90. The third-order valence-corrected chi connectivity index (χ3v) is 4.02. The smallest absolute Gasteiger partial charge is 0.341 e. The Morgan fingerprint density at radius 1 is 1.21 bits per heavy atom. The molecule has 0 saturated carbocycles. The summed E-state index contributed by atoms with van der Waals surface area (Å²) in [7, 11) is 0. The van der Waals surface area contributed by atoms with Crippen molar-refractivity contribution in [2.45, 2.75) is 12.8 Å². The zero-order chi connectivity index (χ0) is 16.9. The Bertz CT molecular complexity index is 752. The van der Waals surface area contributed by atoms with Crippen molar-refractivity contribution in [2.75, 3.05) is 25.1 Å². The minimum atomic E-state index is -1.03. The third kappa shape index (κ3) is 3.65. The number of hydrogen-bond donors (Lipinski definition) is 2. The molecule has 2 aromatic rings. The van der Waals surface area contributed by atoms with Crippen molar-refractivity contribution in [2.24, 2.45) is 5.92 Å². The van der Waals surface area contributed by atoms with Crippen LogP contribution in [0.3, 0.4) is 0 Å². The summed E-state index contributed by atoms with van der Waals surface area (Å²) in [6, 6.07) is 10.8. The van der Waals surface area contributed by atoms with Crippen LogP contribution in [0.5, 0.6) is 5.75 Å². The summed E-state index contributed by atoms with van der Waals surface area (Å²) in [4.78, 5) is 23.1. The van der Waals surface area contributed by atoms with Crippen LogP contribution in [-0.2, 0) is 14.3 Å². The zero-order valence-corrected chi connectivity index (χ0v) is 13.2. The maximum absolute atomic E-state index is 12.4. The topological polar surface area (TPSA) is 84.9 Å². The molecular formula is C18H19NO5. The van der Waals surface area contributed by atoms with Gasteiger partial charge in [-0.15, -0.1) is 0 Å². The van der Waals surface area contributed by atoms with E-state index in [0.29, 0.717) is 24.7 Å². The number of anilines is 1. The normalized spacial score (nSPS) is 17.4. The van der Waals surface area contributed by atoms with Crippen molar-refractivity contribution in [1.29, 1.82) is 0 Å². The van der Waals surface area contributed by atoms with Gasteiger partial charge in [-0.05, 0) is 25.0 Å². The SMILES string of the molecule is O=C(O)COc1ccc(NC(=O)[C@@H]2CCCOC2)c2ccccc12. The molecule has 1 saturated heterocycles. The summed E-state index contributed by atoms with van der Waals surface area (Å²) in [5.41, 5.74) is 0.684. The summed E-state index contributed by atoms with van der Waals surface area (Å²) in [5.74, 6) is -0.750. The molecule has 0 spiro atoms.